The SMILES string of the molecule is Cl.O=C1NCCC12CNCCS2(=O)=O. The molecule has 0 bridgehead atoms. The third kappa shape index (κ3) is 1.41. The molecule has 2 aliphatic rings. The summed E-state index contributed by atoms with van der Waals surface area (Å²) in [5.41, 5.74) is 0. The zero-order valence-corrected chi connectivity index (χ0v) is 9.21. The number of hydrogen-bond acceptors (Lipinski definition) is 4. The molecule has 14 heavy (non-hydrogen) atoms. The molecule has 2 N–H and O–H groups in total. The summed E-state index contributed by atoms with van der Waals surface area (Å²) < 4.78 is 22.3. The van der Waals surface area contributed by atoms with Crippen molar-refractivity contribution in [2.24, 2.45) is 0 Å². The lowest BCUT2D eigenvalue weighted by atomic mass is 10.1. The first-order valence-corrected chi connectivity index (χ1v) is 5.95. The first-order chi connectivity index (χ1) is 6.08. The summed E-state index contributed by atoms with van der Waals surface area (Å²) in [7, 11) is -3.25. The maximum atomic E-state index is 11.7. The van der Waals surface area contributed by atoms with Crippen LogP contribution in [0.2, 0.25) is 0 Å². The van der Waals surface area contributed by atoms with Gasteiger partial charge in [0.25, 0.3) is 0 Å². The first kappa shape index (κ1) is 11.7. The van der Waals surface area contributed by atoms with E-state index in [0.29, 0.717) is 19.5 Å². The van der Waals surface area contributed by atoms with Crippen molar-refractivity contribution in [2.75, 3.05) is 25.4 Å². The minimum atomic E-state index is -3.25. The van der Waals surface area contributed by atoms with Gasteiger partial charge in [-0.05, 0) is 6.42 Å². The fraction of sp³-hybridized carbons (Fsp3) is 0.857. The van der Waals surface area contributed by atoms with Crippen molar-refractivity contribution < 1.29 is 13.2 Å². The predicted octanol–water partition coefficient (Wildman–Crippen LogP) is -1.32. The van der Waals surface area contributed by atoms with Crippen molar-refractivity contribution in [1.82, 2.24) is 10.6 Å². The summed E-state index contributed by atoms with van der Waals surface area (Å²) in [5, 5.41) is 5.54. The van der Waals surface area contributed by atoms with Crippen LogP contribution in [0.15, 0.2) is 0 Å². The Morgan fingerprint density at radius 1 is 1.29 bits per heavy atom. The van der Waals surface area contributed by atoms with Gasteiger partial charge in [-0.1, -0.05) is 0 Å². The minimum Gasteiger partial charge on any atom is -0.355 e. The molecule has 7 heteroatoms. The molecule has 2 aliphatic heterocycles. The largest absolute Gasteiger partial charge is 0.355 e. The van der Waals surface area contributed by atoms with E-state index in [1.807, 2.05) is 0 Å². The molecule has 5 nitrogen and oxygen atoms in total. The molecule has 0 aromatic carbocycles. The van der Waals surface area contributed by atoms with E-state index in [0.717, 1.165) is 0 Å². The van der Waals surface area contributed by atoms with Crippen LogP contribution in [0.25, 0.3) is 0 Å². The van der Waals surface area contributed by atoms with Gasteiger partial charge in [-0.2, -0.15) is 0 Å². The maximum Gasteiger partial charge on any atom is 0.242 e. The number of nitrogens with one attached hydrogen (secondary N) is 2. The molecule has 0 radical (unpaired) electrons. The molecular formula is C7H13ClN2O3S. The van der Waals surface area contributed by atoms with Gasteiger partial charge in [0.05, 0.1) is 5.75 Å². The van der Waals surface area contributed by atoms with E-state index in [1.54, 1.807) is 0 Å². The number of hydrogen-bond donors (Lipinski definition) is 2. The van der Waals surface area contributed by atoms with Crippen LogP contribution in [-0.4, -0.2) is 44.5 Å². The van der Waals surface area contributed by atoms with Gasteiger partial charge < -0.3 is 10.6 Å². The highest BCUT2D eigenvalue weighted by atomic mass is 35.5. The van der Waals surface area contributed by atoms with Crippen LogP contribution in [0.4, 0.5) is 0 Å². The van der Waals surface area contributed by atoms with Crippen molar-refractivity contribution in [3.8, 4) is 0 Å². The number of carbonyl (C=O) groups is 1. The molecule has 0 aromatic heterocycles. The van der Waals surface area contributed by atoms with E-state index >= 15 is 0 Å². The Hall–Kier alpha value is -0.330. The van der Waals surface area contributed by atoms with Gasteiger partial charge in [-0.25, -0.2) is 8.42 Å². The van der Waals surface area contributed by atoms with E-state index in [2.05, 4.69) is 10.6 Å². The van der Waals surface area contributed by atoms with Gasteiger partial charge in [0.1, 0.15) is 0 Å². The highest BCUT2D eigenvalue weighted by Gasteiger charge is 2.54. The Bertz CT molecular complexity index is 343. The molecule has 2 fully saturated rings. The second-order valence-corrected chi connectivity index (χ2v) is 5.92. The fourth-order valence-electron chi connectivity index (χ4n) is 1.92. The van der Waals surface area contributed by atoms with Crippen molar-refractivity contribution in [2.45, 2.75) is 11.2 Å². The van der Waals surface area contributed by atoms with Crippen LogP contribution in [0.3, 0.4) is 0 Å². The Morgan fingerprint density at radius 3 is 2.50 bits per heavy atom. The molecule has 0 saturated carbocycles. The van der Waals surface area contributed by atoms with Gasteiger partial charge in [0.2, 0.25) is 5.91 Å². The predicted molar refractivity (Wildman–Crippen MR) is 54.3 cm³/mol. The van der Waals surface area contributed by atoms with Gasteiger partial charge in [0.15, 0.2) is 14.6 Å². The van der Waals surface area contributed by atoms with E-state index in [4.69, 9.17) is 0 Å². The molecular weight excluding hydrogens is 228 g/mol. The zero-order valence-electron chi connectivity index (χ0n) is 7.58. The van der Waals surface area contributed by atoms with Crippen molar-refractivity contribution in [1.29, 1.82) is 0 Å². The number of sulfone groups is 1. The minimum absolute atomic E-state index is 0. The molecule has 2 heterocycles. The molecule has 0 aromatic rings. The van der Waals surface area contributed by atoms with Crippen molar-refractivity contribution in [3.63, 3.8) is 0 Å². The molecule has 1 atom stereocenters. The maximum absolute atomic E-state index is 11.7. The van der Waals surface area contributed by atoms with Crippen LogP contribution >= 0.6 is 12.4 Å². The third-order valence-electron chi connectivity index (χ3n) is 2.78. The third-order valence-corrected chi connectivity index (χ3v) is 5.25. The number of halogens is 1. The topological polar surface area (TPSA) is 75.3 Å². The Kier molecular flexibility index (Phi) is 3.08. The van der Waals surface area contributed by atoms with Crippen LogP contribution in [-0.2, 0) is 14.6 Å². The summed E-state index contributed by atoms with van der Waals surface area (Å²) in [6.45, 7) is 1.19. The monoisotopic (exact) mass is 240 g/mol. The first-order valence-electron chi connectivity index (χ1n) is 4.30. The normalized spacial score (nSPS) is 35.0. The van der Waals surface area contributed by atoms with E-state index in [1.165, 1.54) is 0 Å². The molecule has 1 unspecified atom stereocenters. The van der Waals surface area contributed by atoms with Crippen LogP contribution in [0.1, 0.15) is 6.42 Å². The van der Waals surface area contributed by atoms with Crippen molar-refractivity contribution in [3.05, 3.63) is 0 Å². The lowest BCUT2D eigenvalue weighted by Crippen LogP contribution is -2.58. The molecule has 2 saturated heterocycles. The van der Waals surface area contributed by atoms with Crippen LogP contribution in [0.5, 0.6) is 0 Å². The lowest BCUT2D eigenvalue weighted by molar-refractivity contribution is -0.121. The average molecular weight is 241 g/mol. The van der Waals surface area contributed by atoms with Gasteiger partial charge in [-0.3, -0.25) is 4.79 Å². The Morgan fingerprint density at radius 2 is 2.00 bits per heavy atom. The molecule has 82 valence electrons. The van der Waals surface area contributed by atoms with Crippen LogP contribution in [0, 0.1) is 0 Å². The van der Waals surface area contributed by atoms with Gasteiger partial charge >= 0.3 is 0 Å². The number of carbonyl (C=O) groups excluding carboxylic acids is 1. The fourth-order valence-corrected chi connectivity index (χ4v) is 3.81. The second-order valence-electron chi connectivity index (χ2n) is 3.50. The summed E-state index contributed by atoms with van der Waals surface area (Å²) in [6.07, 6.45) is 0.404. The van der Waals surface area contributed by atoms with E-state index in [-0.39, 0.29) is 30.6 Å². The Balaban J connectivity index is 0.000000980. The van der Waals surface area contributed by atoms with Crippen molar-refractivity contribution >= 4 is 28.2 Å². The highest BCUT2D eigenvalue weighted by Crippen LogP contribution is 2.28. The molecule has 1 spiro atoms. The van der Waals surface area contributed by atoms with E-state index < -0.39 is 14.6 Å². The second kappa shape index (κ2) is 3.67. The summed E-state index contributed by atoms with van der Waals surface area (Å²) in [4.78, 5) is 11.4. The lowest BCUT2D eigenvalue weighted by Gasteiger charge is -2.30. The Labute approximate surface area is 89.0 Å². The number of rotatable bonds is 0. The molecule has 2 rings (SSSR count). The standard InChI is InChI=1S/C7H12N2O3S.ClH/c10-6-7(1-2-9-6)5-8-3-4-13(7,11)12;/h8H,1-5H2,(H,9,10);1H. The summed E-state index contributed by atoms with van der Waals surface area (Å²) in [5.74, 6) is -0.264. The molecule has 0 aliphatic carbocycles. The van der Waals surface area contributed by atoms with Gasteiger partial charge in [0, 0.05) is 19.6 Å². The summed E-state index contributed by atoms with van der Waals surface area (Å²) >= 11 is 0. The van der Waals surface area contributed by atoms with Crippen LogP contribution < -0.4 is 10.6 Å². The summed E-state index contributed by atoms with van der Waals surface area (Å²) in [6, 6.07) is 0. The highest BCUT2D eigenvalue weighted by molar-refractivity contribution is 7.93. The average Bonchev–Trinajstić information content (AvgIpc) is 2.41. The smallest absolute Gasteiger partial charge is 0.242 e. The zero-order chi connectivity index (χ0) is 9.53. The van der Waals surface area contributed by atoms with Gasteiger partial charge in [-0.15, -0.1) is 12.4 Å². The number of amides is 1. The molecule has 1 amide bonds. The quantitative estimate of drug-likeness (QED) is 0.551. The van der Waals surface area contributed by atoms with E-state index in [9.17, 15) is 13.2 Å².